The zero-order valence-electron chi connectivity index (χ0n) is 9.12. The van der Waals surface area contributed by atoms with Crippen LogP contribution >= 0.6 is 11.6 Å². The molecule has 1 rings (SSSR count). The second-order valence-corrected chi connectivity index (χ2v) is 5.82. The summed E-state index contributed by atoms with van der Waals surface area (Å²) in [6.45, 7) is 3.42. The predicted molar refractivity (Wildman–Crippen MR) is 65.6 cm³/mol. The summed E-state index contributed by atoms with van der Waals surface area (Å²) >= 11 is 5.78. The van der Waals surface area contributed by atoms with E-state index in [1.54, 1.807) is 19.9 Å². The van der Waals surface area contributed by atoms with Crippen LogP contribution in [0.2, 0.25) is 5.02 Å². The Hall–Kier alpha value is -0.940. The zero-order chi connectivity index (χ0) is 12.3. The average molecular weight is 264 g/mol. The van der Waals surface area contributed by atoms with Crippen LogP contribution in [0.15, 0.2) is 12.1 Å². The molecule has 16 heavy (non-hydrogen) atoms. The van der Waals surface area contributed by atoms with Crippen molar-refractivity contribution in [2.24, 2.45) is 0 Å². The van der Waals surface area contributed by atoms with Gasteiger partial charge in [-0.25, -0.2) is 8.42 Å². The third-order valence-electron chi connectivity index (χ3n) is 2.00. The van der Waals surface area contributed by atoms with Gasteiger partial charge in [-0.15, -0.1) is 0 Å². The van der Waals surface area contributed by atoms with Gasteiger partial charge in [-0.1, -0.05) is 18.5 Å². The van der Waals surface area contributed by atoms with Crippen LogP contribution in [0.3, 0.4) is 0 Å². The van der Waals surface area contributed by atoms with Gasteiger partial charge in [0.05, 0.1) is 11.4 Å². The molecule has 0 aliphatic carbocycles. The number of hydrogen-bond donors (Lipinski definition) is 2. The summed E-state index contributed by atoms with van der Waals surface area (Å²) in [5.74, 6) is -0.0815. The fraction of sp³-hybridized carbons (Fsp3) is 0.400. The minimum absolute atomic E-state index is 0.0119. The predicted octanol–water partition coefficient (Wildman–Crippen LogP) is 2.51. The second kappa shape index (κ2) is 4.93. The van der Waals surface area contributed by atoms with Gasteiger partial charge < -0.3 is 5.11 Å². The van der Waals surface area contributed by atoms with Gasteiger partial charge in [-0.3, -0.25) is 4.72 Å². The third-order valence-corrected chi connectivity index (χ3v) is 3.70. The molecule has 1 aromatic carbocycles. The van der Waals surface area contributed by atoms with Gasteiger partial charge in [0, 0.05) is 5.02 Å². The normalized spacial score (nSPS) is 11.4. The molecule has 0 aromatic heterocycles. The second-order valence-electron chi connectivity index (χ2n) is 3.54. The number of aromatic hydroxyl groups is 1. The topological polar surface area (TPSA) is 66.4 Å². The van der Waals surface area contributed by atoms with Crippen LogP contribution in [0.4, 0.5) is 5.69 Å². The van der Waals surface area contributed by atoms with Crippen LogP contribution in [0.1, 0.15) is 18.9 Å². The van der Waals surface area contributed by atoms with Gasteiger partial charge in [0.15, 0.2) is 0 Å². The average Bonchev–Trinajstić information content (AvgIpc) is 2.12. The molecule has 0 aliphatic rings. The number of benzene rings is 1. The van der Waals surface area contributed by atoms with Crippen LogP contribution in [-0.4, -0.2) is 19.3 Å². The molecule has 1 aromatic rings. The van der Waals surface area contributed by atoms with E-state index in [9.17, 15) is 13.5 Å². The maximum absolute atomic E-state index is 11.5. The first kappa shape index (κ1) is 13.1. The van der Waals surface area contributed by atoms with Crippen molar-refractivity contribution in [3.63, 3.8) is 0 Å². The Morgan fingerprint density at radius 3 is 2.62 bits per heavy atom. The number of phenolic OH excluding ortho intramolecular Hbond substituents is 1. The van der Waals surface area contributed by atoms with Crippen LogP contribution in [0, 0.1) is 6.92 Å². The number of anilines is 1. The highest BCUT2D eigenvalue weighted by molar-refractivity contribution is 7.92. The number of aryl methyl sites for hydroxylation is 1. The molecular weight excluding hydrogens is 250 g/mol. The quantitative estimate of drug-likeness (QED) is 0.821. The fourth-order valence-electron chi connectivity index (χ4n) is 1.30. The van der Waals surface area contributed by atoms with E-state index in [0.717, 1.165) is 0 Å². The summed E-state index contributed by atoms with van der Waals surface area (Å²) in [5, 5.41) is 10.0. The number of hydrogen-bond acceptors (Lipinski definition) is 3. The number of halogens is 1. The molecule has 0 bridgehead atoms. The highest BCUT2D eigenvalue weighted by Gasteiger charge is 2.13. The molecule has 0 unspecified atom stereocenters. The Bertz CT molecular complexity index is 485. The fourth-order valence-corrected chi connectivity index (χ4v) is 2.70. The lowest BCUT2D eigenvalue weighted by atomic mass is 10.2. The van der Waals surface area contributed by atoms with E-state index in [1.807, 2.05) is 0 Å². The lowest BCUT2D eigenvalue weighted by Crippen LogP contribution is -2.16. The standard InChI is InChI=1S/C10H14ClNO3S/c1-3-4-16(14,15)12-9-6-8(11)5-7(2)10(9)13/h5-6,12-13H,3-4H2,1-2H3. The molecule has 2 N–H and O–H groups in total. The molecule has 0 atom stereocenters. The molecule has 0 radical (unpaired) electrons. The summed E-state index contributed by atoms with van der Waals surface area (Å²) in [7, 11) is -3.41. The molecule has 0 saturated carbocycles. The van der Waals surface area contributed by atoms with E-state index in [2.05, 4.69) is 4.72 Å². The molecule has 4 nitrogen and oxygen atoms in total. The highest BCUT2D eigenvalue weighted by Crippen LogP contribution is 2.31. The Kier molecular flexibility index (Phi) is 4.04. The van der Waals surface area contributed by atoms with E-state index < -0.39 is 10.0 Å². The molecule has 0 heterocycles. The summed E-state index contributed by atoms with van der Waals surface area (Å²) in [5.41, 5.74) is 0.653. The molecule has 0 amide bonds. The molecular formula is C10H14ClNO3S. The zero-order valence-corrected chi connectivity index (χ0v) is 10.7. The maximum Gasteiger partial charge on any atom is 0.232 e. The molecule has 90 valence electrons. The van der Waals surface area contributed by atoms with Gasteiger partial charge in [0.2, 0.25) is 10.0 Å². The van der Waals surface area contributed by atoms with Crippen molar-refractivity contribution in [3.05, 3.63) is 22.7 Å². The highest BCUT2D eigenvalue weighted by atomic mass is 35.5. The lowest BCUT2D eigenvalue weighted by Gasteiger charge is -2.10. The van der Waals surface area contributed by atoms with Crippen molar-refractivity contribution in [2.75, 3.05) is 10.5 Å². The van der Waals surface area contributed by atoms with Crippen molar-refractivity contribution < 1.29 is 13.5 Å². The van der Waals surface area contributed by atoms with Crippen molar-refractivity contribution >= 4 is 27.3 Å². The van der Waals surface area contributed by atoms with E-state index in [-0.39, 0.29) is 17.2 Å². The van der Waals surface area contributed by atoms with Crippen molar-refractivity contribution in [1.82, 2.24) is 0 Å². The summed E-state index contributed by atoms with van der Waals surface area (Å²) in [6.07, 6.45) is 0.510. The number of phenols is 1. The number of sulfonamides is 1. The summed E-state index contributed by atoms with van der Waals surface area (Å²) in [4.78, 5) is 0. The Morgan fingerprint density at radius 2 is 2.06 bits per heavy atom. The first-order valence-electron chi connectivity index (χ1n) is 4.85. The van der Waals surface area contributed by atoms with Gasteiger partial charge in [0.25, 0.3) is 0 Å². The summed E-state index contributed by atoms with van der Waals surface area (Å²) in [6, 6.07) is 2.95. The number of rotatable bonds is 4. The Balaban J connectivity index is 3.07. The van der Waals surface area contributed by atoms with Gasteiger partial charge >= 0.3 is 0 Å². The summed E-state index contributed by atoms with van der Waals surface area (Å²) < 4.78 is 25.3. The maximum atomic E-state index is 11.5. The molecule has 0 saturated heterocycles. The first-order chi connectivity index (χ1) is 7.35. The minimum atomic E-state index is -3.41. The van der Waals surface area contributed by atoms with Crippen molar-refractivity contribution in [2.45, 2.75) is 20.3 Å². The lowest BCUT2D eigenvalue weighted by molar-refractivity contribution is 0.473. The van der Waals surface area contributed by atoms with Crippen LogP contribution in [-0.2, 0) is 10.0 Å². The SMILES string of the molecule is CCCS(=O)(=O)Nc1cc(Cl)cc(C)c1O. The smallest absolute Gasteiger partial charge is 0.232 e. The van der Waals surface area contributed by atoms with E-state index in [4.69, 9.17) is 11.6 Å². The van der Waals surface area contributed by atoms with Crippen LogP contribution < -0.4 is 4.72 Å². The van der Waals surface area contributed by atoms with Crippen LogP contribution in [0.25, 0.3) is 0 Å². The van der Waals surface area contributed by atoms with Gasteiger partial charge in [-0.05, 0) is 31.0 Å². The Labute approximate surface area is 100 Å². The monoisotopic (exact) mass is 263 g/mol. The van der Waals surface area contributed by atoms with Crippen molar-refractivity contribution in [3.8, 4) is 5.75 Å². The van der Waals surface area contributed by atoms with Crippen molar-refractivity contribution in [1.29, 1.82) is 0 Å². The third kappa shape index (κ3) is 3.28. The molecule has 0 spiro atoms. The Morgan fingerprint density at radius 1 is 1.44 bits per heavy atom. The molecule has 0 fully saturated rings. The largest absolute Gasteiger partial charge is 0.505 e. The molecule has 6 heteroatoms. The van der Waals surface area contributed by atoms with Gasteiger partial charge in [-0.2, -0.15) is 0 Å². The first-order valence-corrected chi connectivity index (χ1v) is 6.88. The number of nitrogens with one attached hydrogen (secondary N) is 1. The van der Waals surface area contributed by atoms with E-state index in [1.165, 1.54) is 6.07 Å². The van der Waals surface area contributed by atoms with E-state index in [0.29, 0.717) is 17.0 Å². The molecule has 0 aliphatic heterocycles. The van der Waals surface area contributed by atoms with Crippen LogP contribution in [0.5, 0.6) is 5.75 Å². The minimum Gasteiger partial charge on any atom is -0.505 e. The van der Waals surface area contributed by atoms with Gasteiger partial charge in [0.1, 0.15) is 5.75 Å². The van der Waals surface area contributed by atoms with E-state index >= 15 is 0 Å².